The van der Waals surface area contributed by atoms with E-state index in [1.807, 2.05) is 0 Å². The van der Waals surface area contributed by atoms with Crippen molar-refractivity contribution >= 4 is 39.5 Å². The lowest BCUT2D eigenvalue weighted by Gasteiger charge is -2.21. The highest BCUT2D eigenvalue weighted by molar-refractivity contribution is 7.47. The maximum absolute atomic E-state index is 13.0. The number of phosphoric acid groups is 2. The number of carbonyl (C=O) groups is 4. The monoisotopic (exact) mass is 1250 g/mol. The Labute approximate surface area is 517 Å². The second-order valence-electron chi connectivity index (χ2n) is 25.3. The highest BCUT2D eigenvalue weighted by Crippen LogP contribution is 2.45. The molecule has 0 bridgehead atoms. The van der Waals surface area contributed by atoms with Gasteiger partial charge in [-0.05, 0) is 49.4 Å². The van der Waals surface area contributed by atoms with Gasteiger partial charge in [0.25, 0.3) is 0 Å². The Hall–Kier alpha value is -1.94. The van der Waals surface area contributed by atoms with Gasteiger partial charge in [0.2, 0.25) is 0 Å². The lowest BCUT2D eigenvalue weighted by Crippen LogP contribution is -2.30. The van der Waals surface area contributed by atoms with Gasteiger partial charge >= 0.3 is 39.5 Å². The van der Waals surface area contributed by atoms with Crippen LogP contribution in [0.5, 0.6) is 0 Å². The van der Waals surface area contributed by atoms with E-state index in [2.05, 4.69) is 55.4 Å². The Kier molecular flexibility index (Phi) is 54.8. The number of aliphatic hydroxyl groups is 1. The molecule has 0 aromatic carbocycles. The van der Waals surface area contributed by atoms with Crippen LogP contribution in [-0.4, -0.2) is 96.7 Å². The molecule has 504 valence electrons. The summed E-state index contributed by atoms with van der Waals surface area (Å²) in [6, 6.07) is 0. The van der Waals surface area contributed by atoms with Gasteiger partial charge in [0, 0.05) is 25.7 Å². The molecule has 17 nitrogen and oxygen atoms in total. The van der Waals surface area contributed by atoms with Crippen LogP contribution < -0.4 is 0 Å². The molecule has 0 aliphatic heterocycles. The summed E-state index contributed by atoms with van der Waals surface area (Å²) in [5.41, 5.74) is 0. The molecule has 0 fully saturated rings. The van der Waals surface area contributed by atoms with Crippen molar-refractivity contribution in [1.82, 2.24) is 0 Å². The summed E-state index contributed by atoms with van der Waals surface area (Å²) >= 11 is 0. The van der Waals surface area contributed by atoms with E-state index < -0.39 is 97.5 Å². The Morgan fingerprint density at radius 2 is 0.565 bits per heavy atom. The van der Waals surface area contributed by atoms with Gasteiger partial charge in [0.15, 0.2) is 12.2 Å². The molecule has 0 aliphatic carbocycles. The molecule has 7 atom stereocenters. The van der Waals surface area contributed by atoms with Gasteiger partial charge in [-0.1, -0.05) is 267 Å². The van der Waals surface area contributed by atoms with Crippen LogP contribution in [0.4, 0.5) is 0 Å². The minimum absolute atomic E-state index is 0.101. The summed E-state index contributed by atoms with van der Waals surface area (Å²) in [6.45, 7) is 14.0. The normalized spacial score (nSPS) is 15.0. The summed E-state index contributed by atoms with van der Waals surface area (Å²) in [4.78, 5) is 72.3. The van der Waals surface area contributed by atoms with Gasteiger partial charge in [-0.15, -0.1) is 0 Å². The van der Waals surface area contributed by atoms with Crippen LogP contribution >= 0.6 is 15.6 Å². The molecule has 0 aromatic heterocycles. The van der Waals surface area contributed by atoms with Crippen LogP contribution in [0.15, 0.2) is 0 Å². The molecule has 19 heteroatoms. The average Bonchev–Trinajstić information content (AvgIpc) is 3.56. The minimum Gasteiger partial charge on any atom is -0.462 e. The van der Waals surface area contributed by atoms with E-state index in [1.54, 1.807) is 0 Å². The van der Waals surface area contributed by atoms with Gasteiger partial charge in [-0.25, -0.2) is 9.13 Å². The zero-order valence-corrected chi connectivity index (χ0v) is 57.0. The topological polar surface area (TPSA) is 237 Å². The molecule has 0 rings (SSSR count). The number of rotatable bonds is 63. The van der Waals surface area contributed by atoms with E-state index in [1.165, 1.54) is 116 Å². The molecule has 0 spiro atoms. The Morgan fingerprint density at radius 3 is 0.835 bits per heavy atom. The summed E-state index contributed by atoms with van der Waals surface area (Å²) in [6.07, 6.45) is 36.3. The third-order valence-corrected chi connectivity index (χ3v) is 17.7. The zero-order chi connectivity index (χ0) is 63.2. The van der Waals surface area contributed by atoms with Gasteiger partial charge in [-0.2, -0.15) is 0 Å². The Balaban J connectivity index is 5.26. The number of phosphoric ester groups is 2. The molecular weight excluding hydrogens is 1130 g/mol. The minimum atomic E-state index is -4.95. The SMILES string of the molecule is CCC(C)CCCCCCCCC(=O)OC[C@H](COP(=O)(O)OC[C@H](O)COP(=O)(O)OC[C@@H](COC(=O)CCCCCCCCCCC(C)C)OC(=O)CCCCCCCCCCCCCC(C)C)OC(=O)CCCCCCCCC(C)CC. The largest absolute Gasteiger partial charge is 0.472 e. The third-order valence-electron chi connectivity index (χ3n) is 15.8. The maximum Gasteiger partial charge on any atom is 0.472 e. The number of hydrogen-bond acceptors (Lipinski definition) is 15. The molecule has 0 saturated carbocycles. The highest BCUT2D eigenvalue weighted by atomic mass is 31.2. The van der Waals surface area contributed by atoms with Crippen molar-refractivity contribution in [3.05, 3.63) is 0 Å². The van der Waals surface area contributed by atoms with E-state index in [-0.39, 0.29) is 25.7 Å². The Bertz CT molecular complexity index is 1700. The first-order valence-corrected chi connectivity index (χ1v) is 37.3. The van der Waals surface area contributed by atoms with Crippen LogP contribution in [0.25, 0.3) is 0 Å². The number of aliphatic hydroxyl groups excluding tert-OH is 1. The van der Waals surface area contributed by atoms with Crippen LogP contribution in [0.3, 0.4) is 0 Å². The van der Waals surface area contributed by atoms with Crippen LogP contribution in [0, 0.1) is 23.7 Å². The first-order chi connectivity index (χ1) is 40.7. The molecule has 0 saturated heterocycles. The molecule has 4 unspecified atom stereocenters. The molecule has 85 heavy (non-hydrogen) atoms. The maximum atomic E-state index is 13.0. The fourth-order valence-corrected chi connectivity index (χ4v) is 11.3. The van der Waals surface area contributed by atoms with Crippen molar-refractivity contribution in [3.8, 4) is 0 Å². The number of ether oxygens (including phenoxy) is 4. The third kappa shape index (κ3) is 58.2. The number of hydrogen-bond donors (Lipinski definition) is 3. The first kappa shape index (κ1) is 83.1. The van der Waals surface area contributed by atoms with Gasteiger partial charge < -0.3 is 33.8 Å². The number of esters is 4. The molecule has 0 aliphatic rings. The fourth-order valence-electron chi connectivity index (χ4n) is 9.72. The smallest absolute Gasteiger partial charge is 0.462 e. The summed E-state index contributed by atoms with van der Waals surface area (Å²) < 4.78 is 68.1. The second-order valence-corrected chi connectivity index (χ2v) is 28.2. The summed E-state index contributed by atoms with van der Waals surface area (Å²) in [5, 5.41) is 10.6. The second kappa shape index (κ2) is 56.1. The van der Waals surface area contributed by atoms with Gasteiger partial charge in [0.05, 0.1) is 26.4 Å². The van der Waals surface area contributed by atoms with E-state index >= 15 is 0 Å². The van der Waals surface area contributed by atoms with Crippen molar-refractivity contribution in [2.45, 2.75) is 337 Å². The van der Waals surface area contributed by atoms with Crippen molar-refractivity contribution < 1.29 is 80.2 Å². The van der Waals surface area contributed by atoms with Crippen LogP contribution in [-0.2, 0) is 65.4 Å². The van der Waals surface area contributed by atoms with Gasteiger partial charge in [0.1, 0.15) is 19.3 Å². The molecular formula is C66H128O17P2. The van der Waals surface area contributed by atoms with Crippen LogP contribution in [0.2, 0.25) is 0 Å². The number of unbranched alkanes of at least 4 members (excludes halogenated alkanes) is 27. The van der Waals surface area contributed by atoms with E-state index in [0.29, 0.717) is 25.7 Å². The lowest BCUT2D eigenvalue weighted by atomic mass is 10.00. The summed E-state index contributed by atoms with van der Waals surface area (Å²) in [5.74, 6) is 0.804. The lowest BCUT2D eigenvalue weighted by molar-refractivity contribution is -0.161. The number of carbonyl (C=O) groups excluding carboxylic acids is 4. The summed E-state index contributed by atoms with van der Waals surface area (Å²) in [7, 11) is -9.89. The van der Waals surface area contributed by atoms with Crippen molar-refractivity contribution in [2.24, 2.45) is 23.7 Å². The first-order valence-electron chi connectivity index (χ1n) is 34.3. The highest BCUT2D eigenvalue weighted by Gasteiger charge is 2.30. The average molecular weight is 1260 g/mol. The van der Waals surface area contributed by atoms with E-state index in [0.717, 1.165) is 120 Å². The molecule has 0 heterocycles. The van der Waals surface area contributed by atoms with E-state index in [4.69, 9.17) is 37.0 Å². The fraction of sp³-hybridized carbons (Fsp3) is 0.939. The Morgan fingerprint density at radius 1 is 0.329 bits per heavy atom. The predicted molar refractivity (Wildman–Crippen MR) is 340 cm³/mol. The standard InChI is InChI=1S/C66H128O17P2/c1-9-58(7)44-36-28-22-24-31-39-47-64(69)77-53-62(83-66(71)49-41-33-25-23-29-37-45-59(8)10-2)55-81-85(74,75)79-51-60(67)50-78-84(72,73)80-54-61(52-76-63(68)46-38-30-20-17-16-19-27-35-43-57(5)6)82-65(70)48-40-32-21-15-13-11-12-14-18-26-34-42-56(3)4/h56-62,67H,9-55H2,1-8H3,(H,72,73)(H,74,75)/t58?,59?,60-,61-,62-/m1/s1. The van der Waals surface area contributed by atoms with Crippen molar-refractivity contribution in [3.63, 3.8) is 0 Å². The van der Waals surface area contributed by atoms with E-state index in [9.17, 15) is 43.2 Å². The molecule has 0 radical (unpaired) electrons. The molecule has 0 aromatic rings. The van der Waals surface area contributed by atoms with Crippen molar-refractivity contribution in [2.75, 3.05) is 39.6 Å². The van der Waals surface area contributed by atoms with Gasteiger partial charge in [-0.3, -0.25) is 37.3 Å². The zero-order valence-electron chi connectivity index (χ0n) is 55.2. The molecule has 0 amide bonds. The predicted octanol–water partition coefficient (Wildman–Crippen LogP) is 18.1. The van der Waals surface area contributed by atoms with Crippen LogP contribution in [0.1, 0.15) is 319 Å². The molecule has 3 N–H and O–H groups in total. The van der Waals surface area contributed by atoms with Crippen molar-refractivity contribution in [1.29, 1.82) is 0 Å². The quantitative estimate of drug-likeness (QED) is 0.0222.